The smallest absolute Gasteiger partial charge is 0.404 e. The summed E-state index contributed by atoms with van der Waals surface area (Å²) in [5, 5.41) is 11.1. The number of rotatable bonds is 2. The van der Waals surface area contributed by atoms with Gasteiger partial charge in [0.25, 0.3) is 0 Å². The number of nitrogen functional groups attached to an aromatic ring is 1. The van der Waals surface area contributed by atoms with Gasteiger partial charge in [0.1, 0.15) is 0 Å². The zero-order valence-electron chi connectivity index (χ0n) is 6.75. The molecule has 1 aromatic carbocycles. The summed E-state index contributed by atoms with van der Waals surface area (Å²) in [4.78, 5) is 10.2. The first-order valence-electron chi connectivity index (χ1n) is 3.60. The van der Waals surface area contributed by atoms with E-state index in [1.807, 2.05) is 0 Å². The van der Waals surface area contributed by atoms with Crippen molar-refractivity contribution in [3.63, 3.8) is 0 Å². The van der Waals surface area contributed by atoms with E-state index in [2.05, 4.69) is 5.32 Å². The first-order valence-corrected chi connectivity index (χ1v) is 3.98. The predicted molar refractivity (Wildman–Crippen MR) is 50.7 cm³/mol. The van der Waals surface area contributed by atoms with Gasteiger partial charge in [-0.3, -0.25) is 0 Å². The topological polar surface area (TPSA) is 75.3 Å². The van der Waals surface area contributed by atoms with Crippen molar-refractivity contribution in [2.75, 3.05) is 5.73 Å². The third-order valence-corrected chi connectivity index (χ3v) is 1.87. The molecule has 0 saturated heterocycles. The SMILES string of the molecule is Nc1ccc(Cl)c(CNC(=O)O)c1. The van der Waals surface area contributed by atoms with Crippen LogP contribution in [0.1, 0.15) is 5.56 Å². The van der Waals surface area contributed by atoms with Gasteiger partial charge in [-0.2, -0.15) is 0 Å². The molecular weight excluding hydrogens is 192 g/mol. The Morgan fingerprint density at radius 2 is 2.31 bits per heavy atom. The van der Waals surface area contributed by atoms with Crippen molar-refractivity contribution in [2.24, 2.45) is 0 Å². The molecule has 4 N–H and O–H groups in total. The predicted octanol–water partition coefficient (Wildman–Crippen LogP) is 1.69. The van der Waals surface area contributed by atoms with E-state index in [0.717, 1.165) is 0 Å². The minimum atomic E-state index is -1.08. The molecule has 0 aliphatic heterocycles. The summed E-state index contributed by atoms with van der Waals surface area (Å²) in [5.41, 5.74) is 6.73. The van der Waals surface area contributed by atoms with Crippen LogP contribution in [-0.2, 0) is 6.54 Å². The van der Waals surface area contributed by atoms with Crippen molar-refractivity contribution >= 4 is 23.4 Å². The molecule has 4 nitrogen and oxygen atoms in total. The van der Waals surface area contributed by atoms with Crippen LogP contribution >= 0.6 is 11.6 Å². The molecular formula is C8H9ClN2O2. The molecule has 0 heterocycles. The van der Waals surface area contributed by atoms with Gasteiger partial charge >= 0.3 is 6.09 Å². The van der Waals surface area contributed by atoms with Gasteiger partial charge in [-0.05, 0) is 23.8 Å². The Morgan fingerprint density at radius 3 is 2.92 bits per heavy atom. The number of hydrogen-bond acceptors (Lipinski definition) is 2. The van der Waals surface area contributed by atoms with E-state index in [9.17, 15) is 4.79 Å². The maximum absolute atomic E-state index is 10.2. The molecule has 0 bridgehead atoms. The molecule has 0 aromatic heterocycles. The monoisotopic (exact) mass is 200 g/mol. The Labute approximate surface area is 80.3 Å². The van der Waals surface area contributed by atoms with Gasteiger partial charge in [-0.1, -0.05) is 11.6 Å². The molecule has 13 heavy (non-hydrogen) atoms. The standard InChI is InChI=1S/C8H9ClN2O2/c9-7-2-1-6(10)3-5(7)4-11-8(12)13/h1-3,11H,4,10H2,(H,12,13). The maximum atomic E-state index is 10.2. The Hall–Kier alpha value is -1.42. The number of halogens is 1. The first kappa shape index (κ1) is 9.67. The molecule has 5 heteroatoms. The summed E-state index contributed by atoms with van der Waals surface area (Å²) in [6.07, 6.45) is -1.08. The van der Waals surface area contributed by atoms with E-state index in [-0.39, 0.29) is 6.54 Å². The molecule has 0 fully saturated rings. The molecule has 0 radical (unpaired) electrons. The Kier molecular flexibility index (Phi) is 2.97. The van der Waals surface area contributed by atoms with E-state index >= 15 is 0 Å². The van der Waals surface area contributed by atoms with Gasteiger partial charge in [-0.25, -0.2) is 4.79 Å². The van der Waals surface area contributed by atoms with Crippen molar-refractivity contribution < 1.29 is 9.90 Å². The maximum Gasteiger partial charge on any atom is 0.404 e. The second-order valence-corrected chi connectivity index (χ2v) is 2.92. The number of hydrogen-bond donors (Lipinski definition) is 3. The Morgan fingerprint density at radius 1 is 1.62 bits per heavy atom. The van der Waals surface area contributed by atoms with Gasteiger partial charge in [-0.15, -0.1) is 0 Å². The highest BCUT2D eigenvalue weighted by Crippen LogP contribution is 2.18. The lowest BCUT2D eigenvalue weighted by molar-refractivity contribution is 0.194. The fourth-order valence-electron chi connectivity index (χ4n) is 0.901. The van der Waals surface area contributed by atoms with Crippen molar-refractivity contribution in [3.05, 3.63) is 28.8 Å². The second kappa shape index (κ2) is 4.00. The highest BCUT2D eigenvalue weighted by molar-refractivity contribution is 6.31. The third-order valence-electron chi connectivity index (χ3n) is 1.50. The van der Waals surface area contributed by atoms with Crippen molar-refractivity contribution in [2.45, 2.75) is 6.54 Å². The molecule has 1 amide bonds. The van der Waals surface area contributed by atoms with Crippen LogP contribution in [-0.4, -0.2) is 11.2 Å². The van der Waals surface area contributed by atoms with E-state index in [4.69, 9.17) is 22.4 Å². The fraction of sp³-hybridized carbons (Fsp3) is 0.125. The van der Waals surface area contributed by atoms with Crippen LogP contribution in [0.15, 0.2) is 18.2 Å². The quantitative estimate of drug-likeness (QED) is 0.636. The molecule has 1 rings (SSSR count). The minimum Gasteiger partial charge on any atom is -0.465 e. The van der Waals surface area contributed by atoms with Crippen LogP contribution in [0.25, 0.3) is 0 Å². The van der Waals surface area contributed by atoms with E-state index in [0.29, 0.717) is 16.3 Å². The first-order chi connectivity index (χ1) is 6.09. The van der Waals surface area contributed by atoms with E-state index in [1.165, 1.54) is 0 Å². The highest BCUT2D eigenvalue weighted by atomic mass is 35.5. The number of nitrogens with one attached hydrogen (secondary N) is 1. The van der Waals surface area contributed by atoms with E-state index in [1.54, 1.807) is 18.2 Å². The van der Waals surface area contributed by atoms with Crippen LogP contribution < -0.4 is 11.1 Å². The molecule has 70 valence electrons. The number of anilines is 1. The fourth-order valence-corrected chi connectivity index (χ4v) is 1.09. The van der Waals surface area contributed by atoms with Gasteiger partial charge in [0.05, 0.1) is 0 Å². The average Bonchev–Trinajstić information content (AvgIpc) is 2.06. The largest absolute Gasteiger partial charge is 0.465 e. The summed E-state index contributed by atoms with van der Waals surface area (Å²) in [6, 6.07) is 4.93. The molecule has 0 aliphatic rings. The van der Waals surface area contributed by atoms with Crippen molar-refractivity contribution in [1.82, 2.24) is 5.32 Å². The van der Waals surface area contributed by atoms with Crippen molar-refractivity contribution in [1.29, 1.82) is 0 Å². The Bertz CT molecular complexity index is 328. The van der Waals surface area contributed by atoms with Gasteiger partial charge in [0.2, 0.25) is 0 Å². The summed E-state index contributed by atoms with van der Waals surface area (Å²) in [5.74, 6) is 0. The number of nitrogens with two attached hydrogens (primary N) is 1. The summed E-state index contributed by atoms with van der Waals surface area (Å²) < 4.78 is 0. The lowest BCUT2D eigenvalue weighted by Crippen LogP contribution is -2.20. The zero-order chi connectivity index (χ0) is 9.84. The molecule has 0 unspecified atom stereocenters. The Balaban J connectivity index is 2.75. The lowest BCUT2D eigenvalue weighted by Gasteiger charge is -2.04. The normalized spacial score (nSPS) is 9.62. The summed E-state index contributed by atoms with van der Waals surface area (Å²) in [7, 11) is 0. The van der Waals surface area contributed by atoms with Crippen LogP contribution in [0.4, 0.5) is 10.5 Å². The summed E-state index contributed by atoms with van der Waals surface area (Å²) in [6.45, 7) is 0.166. The summed E-state index contributed by atoms with van der Waals surface area (Å²) >= 11 is 5.79. The minimum absolute atomic E-state index is 0.166. The molecule has 0 aliphatic carbocycles. The highest BCUT2D eigenvalue weighted by Gasteiger charge is 2.01. The molecule has 0 spiro atoms. The third kappa shape index (κ3) is 2.83. The van der Waals surface area contributed by atoms with Crippen LogP contribution in [0, 0.1) is 0 Å². The number of benzene rings is 1. The number of carboxylic acid groups (broad SMARTS) is 1. The van der Waals surface area contributed by atoms with Crippen molar-refractivity contribution in [3.8, 4) is 0 Å². The van der Waals surface area contributed by atoms with Gasteiger partial charge < -0.3 is 16.2 Å². The molecule has 1 aromatic rings. The van der Waals surface area contributed by atoms with Gasteiger partial charge in [0.15, 0.2) is 0 Å². The number of amides is 1. The second-order valence-electron chi connectivity index (χ2n) is 2.51. The number of carbonyl (C=O) groups is 1. The molecule has 0 saturated carbocycles. The van der Waals surface area contributed by atoms with Gasteiger partial charge in [0, 0.05) is 17.3 Å². The molecule has 0 atom stereocenters. The van der Waals surface area contributed by atoms with E-state index < -0.39 is 6.09 Å². The average molecular weight is 201 g/mol. The zero-order valence-corrected chi connectivity index (χ0v) is 7.51. The van der Waals surface area contributed by atoms with Crippen LogP contribution in [0.5, 0.6) is 0 Å². The van der Waals surface area contributed by atoms with Crippen LogP contribution in [0.2, 0.25) is 5.02 Å². The van der Waals surface area contributed by atoms with Crippen LogP contribution in [0.3, 0.4) is 0 Å². The lowest BCUT2D eigenvalue weighted by atomic mass is 10.2.